The molecule has 2 aromatic carbocycles. The van der Waals surface area contributed by atoms with Crippen molar-refractivity contribution in [2.45, 2.75) is 37.2 Å². The third-order valence-corrected chi connectivity index (χ3v) is 6.69. The van der Waals surface area contributed by atoms with Gasteiger partial charge in [-0.15, -0.1) is 0 Å². The third kappa shape index (κ3) is 5.02. The first-order valence-electron chi connectivity index (χ1n) is 9.35. The molecule has 4 atom stereocenters. The second kappa shape index (κ2) is 8.34. The molecule has 0 aliphatic heterocycles. The highest BCUT2D eigenvalue weighted by Gasteiger charge is 2.53. The van der Waals surface area contributed by atoms with Gasteiger partial charge in [-0.05, 0) is 37.0 Å². The van der Waals surface area contributed by atoms with Gasteiger partial charge >= 0.3 is 5.97 Å². The van der Waals surface area contributed by atoms with Crippen LogP contribution in [0.2, 0.25) is 0 Å². The fourth-order valence-electron chi connectivity index (χ4n) is 3.34. The number of carboxylic acid groups (broad SMARTS) is 1. The first kappa shape index (κ1) is 21.0. The van der Waals surface area contributed by atoms with Crippen LogP contribution in [0, 0.1) is 18.8 Å². The molecule has 1 aliphatic rings. The summed E-state index contributed by atoms with van der Waals surface area (Å²) in [6.45, 7) is 3.59. The van der Waals surface area contributed by atoms with Crippen LogP contribution in [0.25, 0.3) is 0 Å². The number of benzene rings is 2. The number of carbonyl (C=O) groups excluding carboxylic acids is 1. The number of carbonyl (C=O) groups is 2. The van der Waals surface area contributed by atoms with Crippen LogP contribution in [0.5, 0.6) is 0 Å². The molecular weight excluding hydrogens is 392 g/mol. The van der Waals surface area contributed by atoms with E-state index in [4.69, 9.17) is 0 Å². The number of amides is 1. The summed E-state index contributed by atoms with van der Waals surface area (Å²) in [5.41, 5.74) is 1.71. The minimum atomic E-state index is -3.93. The SMILES string of the molecule is Cc1ccc(S(=O)(=O)N[C@@H](Cc2ccccc2)C(=O)N[C@H]2C(C)C2C(=O)O)cc1. The van der Waals surface area contributed by atoms with E-state index in [0.717, 1.165) is 11.1 Å². The Balaban J connectivity index is 1.80. The summed E-state index contributed by atoms with van der Waals surface area (Å²) in [6.07, 6.45) is 0.149. The van der Waals surface area contributed by atoms with Crippen molar-refractivity contribution in [1.29, 1.82) is 0 Å². The van der Waals surface area contributed by atoms with Crippen LogP contribution in [-0.2, 0) is 26.0 Å². The first-order valence-corrected chi connectivity index (χ1v) is 10.8. The molecule has 1 saturated carbocycles. The van der Waals surface area contributed by atoms with Gasteiger partial charge in [0.25, 0.3) is 0 Å². The molecule has 0 heterocycles. The average Bonchev–Trinajstić information content (AvgIpc) is 3.31. The number of nitrogens with one attached hydrogen (secondary N) is 2. The van der Waals surface area contributed by atoms with Crippen LogP contribution in [-0.4, -0.2) is 37.5 Å². The minimum Gasteiger partial charge on any atom is -0.481 e. The van der Waals surface area contributed by atoms with Gasteiger partial charge in [-0.1, -0.05) is 55.0 Å². The topological polar surface area (TPSA) is 113 Å². The fourth-order valence-corrected chi connectivity index (χ4v) is 4.53. The van der Waals surface area contributed by atoms with Gasteiger partial charge in [0.15, 0.2) is 0 Å². The van der Waals surface area contributed by atoms with Gasteiger partial charge in [0, 0.05) is 6.04 Å². The zero-order chi connectivity index (χ0) is 21.2. The monoisotopic (exact) mass is 416 g/mol. The lowest BCUT2D eigenvalue weighted by atomic mass is 10.1. The zero-order valence-electron chi connectivity index (χ0n) is 16.2. The van der Waals surface area contributed by atoms with Crippen molar-refractivity contribution in [1.82, 2.24) is 10.0 Å². The van der Waals surface area contributed by atoms with Crippen LogP contribution < -0.4 is 10.0 Å². The highest BCUT2D eigenvalue weighted by atomic mass is 32.2. The molecule has 0 spiro atoms. The highest BCUT2D eigenvalue weighted by molar-refractivity contribution is 7.89. The number of carboxylic acids is 1. The Morgan fingerprint density at radius 2 is 1.69 bits per heavy atom. The van der Waals surface area contributed by atoms with E-state index in [0.29, 0.717) is 0 Å². The van der Waals surface area contributed by atoms with Crippen LogP contribution >= 0.6 is 0 Å². The molecular formula is C21H24N2O5S. The Morgan fingerprint density at radius 1 is 1.07 bits per heavy atom. The summed E-state index contributed by atoms with van der Waals surface area (Å²) in [7, 11) is -3.93. The van der Waals surface area contributed by atoms with Crippen molar-refractivity contribution in [2.75, 3.05) is 0 Å². The molecule has 1 aliphatic carbocycles. The van der Waals surface area contributed by atoms with E-state index >= 15 is 0 Å². The Hall–Kier alpha value is -2.71. The number of aliphatic carboxylic acids is 1. The van der Waals surface area contributed by atoms with E-state index in [2.05, 4.69) is 10.0 Å². The minimum absolute atomic E-state index is 0.0668. The molecule has 1 amide bonds. The number of hydrogen-bond acceptors (Lipinski definition) is 4. The van der Waals surface area contributed by atoms with Crippen molar-refractivity contribution >= 4 is 21.9 Å². The summed E-state index contributed by atoms with van der Waals surface area (Å²) in [4.78, 5) is 24.1. The largest absolute Gasteiger partial charge is 0.481 e. The van der Waals surface area contributed by atoms with E-state index in [-0.39, 0.29) is 17.2 Å². The van der Waals surface area contributed by atoms with Crippen molar-refractivity contribution in [2.24, 2.45) is 11.8 Å². The lowest BCUT2D eigenvalue weighted by Gasteiger charge is -2.19. The highest BCUT2D eigenvalue weighted by Crippen LogP contribution is 2.38. The Kier molecular flexibility index (Phi) is 6.04. The lowest BCUT2D eigenvalue weighted by Crippen LogP contribution is -2.49. The Bertz CT molecular complexity index is 989. The van der Waals surface area contributed by atoms with Gasteiger partial charge in [-0.3, -0.25) is 9.59 Å². The van der Waals surface area contributed by atoms with Crippen molar-refractivity contribution in [3.05, 3.63) is 65.7 Å². The van der Waals surface area contributed by atoms with E-state index in [1.807, 2.05) is 25.1 Å². The third-order valence-electron chi connectivity index (χ3n) is 5.20. The fraction of sp³-hybridized carbons (Fsp3) is 0.333. The average molecular weight is 416 g/mol. The maximum atomic E-state index is 12.8. The molecule has 2 aromatic rings. The number of rotatable bonds is 8. The second-order valence-corrected chi connectivity index (χ2v) is 9.15. The predicted octanol–water partition coefficient (Wildman–Crippen LogP) is 1.72. The molecule has 2 unspecified atom stereocenters. The Labute approximate surface area is 170 Å². The maximum absolute atomic E-state index is 12.8. The number of sulfonamides is 1. The summed E-state index contributed by atoms with van der Waals surface area (Å²) in [6, 6.07) is 13.8. The molecule has 29 heavy (non-hydrogen) atoms. The summed E-state index contributed by atoms with van der Waals surface area (Å²) in [5.74, 6) is -2.35. The van der Waals surface area contributed by atoms with Crippen molar-refractivity contribution in [3.8, 4) is 0 Å². The van der Waals surface area contributed by atoms with Gasteiger partial charge in [0.1, 0.15) is 6.04 Å². The lowest BCUT2D eigenvalue weighted by molar-refractivity contribution is -0.139. The first-order chi connectivity index (χ1) is 13.7. The van der Waals surface area contributed by atoms with E-state index in [1.54, 1.807) is 31.2 Å². The standard InChI is InChI=1S/C21H24N2O5S/c1-13-8-10-16(11-9-13)29(27,28)23-17(12-15-6-4-3-5-7-15)20(24)22-19-14(2)18(19)21(25)26/h3-11,14,17-19,23H,12H2,1-2H3,(H,22,24)(H,25,26)/t14?,17-,18?,19-/m0/s1. The molecule has 3 rings (SSSR count). The molecule has 0 aromatic heterocycles. The summed E-state index contributed by atoms with van der Waals surface area (Å²) < 4.78 is 28.1. The van der Waals surface area contributed by atoms with Crippen LogP contribution in [0.3, 0.4) is 0 Å². The summed E-state index contributed by atoms with van der Waals surface area (Å²) in [5, 5.41) is 11.9. The normalized spacial score (nSPS) is 21.9. The van der Waals surface area contributed by atoms with E-state index in [9.17, 15) is 23.1 Å². The summed E-state index contributed by atoms with van der Waals surface area (Å²) >= 11 is 0. The molecule has 154 valence electrons. The zero-order valence-corrected chi connectivity index (χ0v) is 17.0. The van der Waals surface area contributed by atoms with Gasteiger partial charge < -0.3 is 10.4 Å². The molecule has 0 bridgehead atoms. The molecule has 1 fully saturated rings. The van der Waals surface area contributed by atoms with Crippen LogP contribution in [0.1, 0.15) is 18.1 Å². The van der Waals surface area contributed by atoms with Gasteiger partial charge in [0.05, 0.1) is 10.8 Å². The van der Waals surface area contributed by atoms with Crippen molar-refractivity contribution < 1.29 is 23.1 Å². The van der Waals surface area contributed by atoms with Crippen molar-refractivity contribution in [3.63, 3.8) is 0 Å². The van der Waals surface area contributed by atoms with E-state index in [1.165, 1.54) is 12.1 Å². The van der Waals surface area contributed by atoms with Crippen LogP contribution in [0.4, 0.5) is 0 Å². The molecule has 3 N–H and O–H groups in total. The Morgan fingerprint density at radius 3 is 2.24 bits per heavy atom. The second-order valence-electron chi connectivity index (χ2n) is 7.43. The van der Waals surface area contributed by atoms with Crippen LogP contribution in [0.15, 0.2) is 59.5 Å². The van der Waals surface area contributed by atoms with E-state index < -0.39 is 39.9 Å². The molecule has 8 heteroatoms. The number of aryl methyl sites for hydroxylation is 1. The van der Waals surface area contributed by atoms with Gasteiger partial charge in [-0.2, -0.15) is 4.72 Å². The molecule has 0 saturated heterocycles. The maximum Gasteiger partial charge on any atom is 0.308 e. The predicted molar refractivity (Wildman–Crippen MR) is 108 cm³/mol. The quantitative estimate of drug-likeness (QED) is 0.607. The molecule has 7 nitrogen and oxygen atoms in total. The number of hydrogen-bond donors (Lipinski definition) is 3. The van der Waals surface area contributed by atoms with Gasteiger partial charge in [-0.25, -0.2) is 8.42 Å². The molecule has 0 radical (unpaired) electrons. The smallest absolute Gasteiger partial charge is 0.308 e. The van der Waals surface area contributed by atoms with Gasteiger partial charge in [0.2, 0.25) is 15.9 Å².